The Bertz CT molecular complexity index is 599. The number of carbonyl (C=O) groups is 1. The van der Waals surface area contributed by atoms with Gasteiger partial charge in [0.2, 0.25) is 0 Å². The van der Waals surface area contributed by atoms with Crippen molar-refractivity contribution in [1.82, 2.24) is 0 Å². The van der Waals surface area contributed by atoms with Gasteiger partial charge in [0.1, 0.15) is 17.5 Å². The summed E-state index contributed by atoms with van der Waals surface area (Å²) in [5.74, 6) is 1.11. The average molecular weight is 384 g/mol. The SMILES string of the molecule is CCOC1(C(=O)Nc2ccc(OC(C)COC)c(Cl)c2)CCC(C)CC1. The molecule has 0 saturated heterocycles. The first-order chi connectivity index (χ1) is 12.4. The zero-order valence-electron chi connectivity index (χ0n) is 16.1. The molecule has 1 fully saturated rings. The Morgan fingerprint density at radius 1 is 1.38 bits per heavy atom. The van der Waals surface area contributed by atoms with E-state index in [0.717, 1.165) is 25.7 Å². The van der Waals surface area contributed by atoms with E-state index in [1.165, 1.54) is 0 Å². The van der Waals surface area contributed by atoms with Crippen LogP contribution in [0.4, 0.5) is 5.69 Å². The standard InChI is InChI=1S/C20H30ClNO4/c1-5-25-20(10-8-14(2)9-11-20)19(23)22-16-6-7-18(17(21)12-16)26-15(3)13-24-4/h6-7,12,14-15H,5,8-11,13H2,1-4H3,(H,22,23). The highest BCUT2D eigenvalue weighted by Crippen LogP contribution is 2.36. The van der Waals surface area contributed by atoms with Gasteiger partial charge in [0.25, 0.3) is 5.91 Å². The first-order valence-corrected chi connectivity index (χ1v) is 9.68. The molecule has 5 nitrogen and oxygen atoms in total. The molecule has 6 heteroatoms. The molecule has 1 saturated carbocycles. The lowest BCUT2D eigenvalue weighted by molar-refractivity contribution is -0.146. The van der Waals surface area contributed by atoms with Crippen LogP contribution in [-0.4, -0.2) is 37.9 Å². The second-order valence-corrected chi connectivity index (χ2v) is 7.50. The molecule has 0 radical (unpaired) electrons. The summed E-state index contributed by atoms with van der Waals surface area (Å²) in [6.45, 7) is 7.05. The van der Waals surface area contributed by atoms with E-state index < -0.39 is 5.60 Å². The first-order valence-electron chi connectivity index (χ1n) is 9.30. The number of hydrogen-bond donors (Lipinski definition) is 1. The zero-order chi connectivity index (χ0) is 19.2. The van der Waals surface area contributed by atoms with Crippen molar-refractivity contribution < 1.29 is 19.0 Å². The summed E-state index contributed by atoms with van der Waals surface area (Å²) in [7, 11) is 1.63. The molecule has 0 heterocycles. The van der Waals surface area contributed by atoms with Gasteiger partial charge in [-0.15, -0.1) is 0 Å². The number of hydrogen-bond acceptors (Lipinski definition) is 4. The summed E-state index contributed by atoms with van der Waals surface area (Å²) in [6.07, 6.45) is 3.38. The van der Waals surface area contributed by atoms with Crippen LogP contribution in [0.1, 0.15) is 46.5 Å². The Kier molecular flexibility index (Phi) is 7.74. The van der Waals surface area contributed by atoms with E-state index in [4.69, 9.17) is 25.8 Å². The van der Waals surface area contributed by atoms with E-state index in [1.54, 1.807) is 25.3 Å². The molecule has 1 atom stereocenters. The summed E-state index contributed by atoms with van der Waals surface area (Å²) in [5.41, 5.74) is -0.0972. The van der Waals surface area contributed by atoms with E-state index >= 15 is 0 Å². The summed E-state index contributed by atoms with van der Waals surface area (Å²) in [6, 6.07) is 5.27. The minimum Gasteiger partial charge on any atom is -0.487 e. The molecular weight excluding hydrogens is 354 g/mol. The van der Waals surface area contributed by atoms with E-state index in [1.807, 2.05) is 13.8 Å². The van der Waals surface area contributed by atoms with Crippen LogP contribution >= 0.6 is 11.6 Å². The van der Waals surface area contributed by atoms with Crippen LogP contribution in [0.2, 0.25) is 5.02 Å². The van der Waals surface area contributed by atoms with Crippen molar-refractivity contribution in [3.05, 3.63) is 23.2 Å². The van der Waals surface area contributed by atoms with Crippen LogP contribution in [0.15, 0.2) is 18.2 Å². The summed E-state index contributed by atoms with van der Waals surface area (Å²) in [5, 5.41) is 3.42. The highest BCUT2D eigenvalue weighted by molar-refractivity contribution is 6.32. The molecule has 1 aromatic carbocycles. The van der Waals surface area contributed by atoms with Crippen LogP contribution in [0.25, 0.3) is 0 Å². The number of halogens is 1. The highest BCUT2D eigenvalue weighted by atomic mass is 35.5. The Hall–Kier alpha value is -1.30. The number of anilines is 1. The van der Waals surface area contributed by atoms with Crippen LogP contribution in [0.5, 0.6) is 5.75 Å². The lowest BCUT2D eigenvalue weighted by Crippen LogP contribution is -2.48. The van der Waals surface area contributed by atoms with Gasteiger partial charge >= 0.3 is 0 Å². The first kappa shape index (κ1) is 21.0. The van der Waals surface area contributed by atoms with E-state index in [9.17, 15) is 4.79 Å². The average Bonchev–Trinajstić information content (AvgIpc) is 2.60. The van der Waals surface area contributed by atoms with Gasteiger partial charge in [-0.2, -0.15) is 0 Å². The van der Waals surface area contributed by atoms with Crippen molar-refractivity contribution in [1.29, 1.82) is 0 Å². The second kappa shape index (κ2) is 9.58. The number of nitrogens with one attached hydrogen (secondary N) is 1. The van der Waals surface area contributed by atoms with Gasteiger partial charge in [0.05, 0.1) is 11.6 Å². The number of methoxy groups -OCH3 is 1. The van der Waals surface area contributed by atoms with Crippen molar-refractivity contribution in [3.63, 3.8) is 0 Å². The minimum absolute atomic E-state index is 0.0938. The maximum absolute atomic E-state index is 12.9. The van der Waals surface area contributed by atoms with Crippen molar-refractivity contribution >= 4 is 23.2 Å². The fraction of sp³-hybridized carbons (Fsp3) is 0.650. The number of rotatable bonds is 8. The predicted octanol–water partition coefficient (Wildman–Crippen LogP) is 4.68. The Morgan fingerprint density at radius 2 is 2.08 bits per heavy atom. The van der Waals surface area contributed by atoms with Crippen LogP contribution in [0, 0.1) is 5.92 Å². The van der Waals surface area contributed by atoms with Crippen molar-refractivity contribution in [3.8, 4) is 5.75 Å². The van der Waals surface area contributed by atoms with Crippen molar-refractivity contribution in [2.45, 2.75) is 58.2 Å². The minimum atomic E-state index is -0.740. The third-order valence-electron chi connectivity index (χ3n) is 4.84. The number of ether oxygens (including phenoxy) is 3. The molecule has 1 aromatic rings. The van der Waals surface area contributed by atoms with Gasteiger partial charge in [-0.25, -0.2) is 0 Å². The van der Waals surface area contributed by atoms with E-state index in [-0.39, 0.29) is 12.0 Å². The predicted molar refractivity (Wildman–Crippen MR) is 104 cm³/mol. The maximum atomic E-state index is 12.9. The Morgan fingerprint density at radius 3 is 2.65 bits per heavy atom. The monoisotopic (exact) mass is 383 g/mol. The third-order valence-corrected chi connectivity index (χ3v) is 5.13. The van der Waals surface area contributed by atoms with E-state index in [0.29, 0.717) is 35.6 Å². The fourth-order valence-corrected chi connectivity index (χ4v) is 3.57. The quantitative estimate of drug-likeness (QED) is 0.708. The molecule has 26 heavy (non-hydrogen) atoms. The lowest BCUT2D eigenvalue weighted by Gasteiger charge is -2.37. The summed E-state index contributed by atoms with van der Waals surface area (Å²) < 4.78 is 16.7. The van der Waals surface area contributed by atoms with Crippen LogP contribution < -0.4 is 10.1 Å². The lowest BCUT2D eigenvalue weighted by atomic mass is 9.78. The number of amides is 1. The van der Waals surface area contributed by atoms with Gasteiger partial charge in [-0.1, -0.05) is 18.5 Å². The van der Waals surface area contributed by atoms with Gasteiger partial charge in [-0.3, -0.25) is 4.79 Å². The smallest absolute Gasteiger partial charge is 0.256 e. The molecule has 2 rings (SSSR count). The van der Waals surface area contributed by atoms with Crippen LogP contribution in [0.3, 0.4) is 0 Å². The molecule has 0 bridgehead atoms. The number of benzene rings is 1. The van der Waals surface area contributed by atoms with Gasteiger partial charge < -0.3 is 19.5 Å². The van der Waals surface area contributed by atoms with Crippen LogP contribution in [-0.2, 0) is 14.3 Å². The molecule has 1 aliphatic carbocycles. The van der Waals surface area contributed by atoms with E-state index in [2.05, 4.69) is 12.2 Å². The molecule has 0 spiro atoms. The summed E-state index contributed by atoms with van der Waals surface area (Å²) >= 11 is 6.31. The van der Waals surface area contributed by atoms with Gasteiger partial charge in [0, 0.05) is 19.4 Å². The van der Waals surface area contributed by atoms with Gasteiger partial charge in [0.15, 0.2) is 0 Å². The molecule has 1 amide bonds. The number of carbonyl (C=O) groups excluding carboxylic acids is 1. The maximum Gasteiger partial charge on any atom is 0.256 e. The zero-order valence-corrected chi connectivity index (χ0v) is 16.9. The van der Waals surface area contributed by atoms with Crippen molar-refractivity contribution in [2.24, 2.45) is 5.92 Å². The normalized spacial score (nSPS) is 24.1. The summed E-state index contributed by atoms with van der Waals surface area (Å²) in [4.78, 5) is 12.9. The molecular formula is C20H30ClNO4. The molecule has 1 unspecified atom stereocenters. The highest BCUT2D eigenvalue weighted by Gasteiger charge is 2.41. The molecule has 0 aliphatic heterocycles. The topological polar surface area (TPSA) is 56.8 Å². The third kappa shape index (κ3) is 5.35. The van der Waals surface area contributed by atoms with Crippen molar-refractivity contribution in [2.75, 3.05) is 25.6 Å². The largest absolute Gasteiger partial charge is 0.487 e. The molecule has 0 aromatic heterocycles. The molecule has 1 aliphatic rings. The molecule has 1 N–H and O–H groups in total. The van der Waals surface area contributed by atoms with Gasteiger partial charge in [-0.05, 0) is 63.6 Å². The second-order valence-electron chi connectivity index (χ2n) is 7.09. The Balaban J connectivity index is 2.06. The fourth-order valence-electron chi connectivity index (χ4n) is 3.35. The Labute approximate surface area is 161 Å². The molecule has 146 valence electrons.